The van der Waals surface area contributed by atoms with Gasteiger partial charge in [0.2, 0.25) is 0 Å². The standard InChI is InChI=1S/C16H19NO2/c1-11-6-7-12(2)16(8-11)19-10-15(18)13-4-3-5-14(17)9-13/h3-9,15,18H,10,17H2,1-2H3. The van der Waals surface area contributed by atoms with E-state index in [2.05, 4.69) is 0 Å². The molecule has 2 rings (SSSR count). The minimum absolute atomic E-state index is 0.216. The third-order valence-electron chi connectivity index (χ3n) is 3.04. The fourth-order valence-electron chi connectivity index (χ4n) is 1.89. The van der Waals surface area contributed by atoms with Crippen LogP contribution in [-0.2, 0) is 0 Å². The molecular formula is C16H19NO2. The number of nitrogens with two attached hydrogens (primary N) is 1. The summed E-state index contributed by atoms with van der Waals surface area (Å²) >= 11 is 0. The summed E-state index contributed by atoms with van der Waals surface area (Å²) < 4.78 is 5.68. The van der Waals surface area contributed by atoms with Crippen molar-refractivity contribution in [3.8, 4) is 5.75 Å². The molecule has 100 valence electrons. The van der Waals surface area contributed by atoms with Gasteiger partial charge in [0, 0.05) is 5.69 Å². The van der Waals surface area contributed by atoms with Crippen molar-refractivity contribution in [2.75, 3.05) is 12.3 Å². The number of benzene rings is 2. The third-order valence-corrected chi connectivity index (χ3v) is 3.04. The van der Waals surface area contributed by atoms with Gasteiger partial charge in [0.15, 0.2) is 0 Å². The van der Waals surface area contributed by atoms with Gasteiger partial charge >= 0.3 is 0 Å². The van der Waals surface area contributed by atoms with Crippen LogP contribution in [0.5, 0.6) is 5.75 Å². The van der Waals surface area contributed by atoms with Crippen LogP contribution in [-0.4, -0.2) is 11.7 Å². The van der Waals surface area contributed by atoms with Crippen molar-refractivity contribution in [1.82, 2.24) is 0 Å². The second-order valence-corrected chi connectivity index (χ2v) is 4.77. The molecule has 0 aliphatic carbocycles. The van der Waals surface area contributed by atoms with E-state index in [1.165, 1.54) is 0 Å². The van der Waals surface area contributed by atoms with E-state index in [4.69, 9.17) is 10.5 Å². The average molecular weight is 257 g/mol. The fraction of sp³-hybridized carbons (Fsp3) is 0.250. The summed E-state index contributed by atoms with van der Waals surface area (Å²) in [5, 5.41) is 10.1. The fourth-order valence-corrected chi connectivity index (χ4v) is 1.89. The zero-order valence-corrected chi connectivity index (χ0v) is 11.3. The van der Waals surface area contributed by atoms with Crippen LogP contribution >= 0.6 is 0 Å². The highest BCUT2D eigenvalue weighted by Gasteiger charge is 2.09. The number of nitrogen functional groups attached to an aromatic ring is 1. The molecule has 0 bridgehead atoms. The first-order valence-corrected chi connectivity index (χ1v) is 6.30. The van der Waals surface area contributed by atoms with E-state index in [-0.39, 0.29) is 6.61 Å². The Morgan fingerprint density at radius 1 is 1.16 bits per heavy atom. The highest BCUT2D eigenvalue weighted by atomic mass is 16.5. The largest absolute Gasteiger partial charge is 0.490 e. The molecule has 0 aliphatic rings. The number of anilines is 1. The van der Waals surface area contributed by atoms with Crippen molar-refractivity contribution in [2.24, 2.45) is 0 Å². The van der Waals surface area contributed by atoms with Crippen LogP contribution < -0.4 is 10.5 Å². The van der Waals surface area contributed by atoms with Crippen LogP contribution in [0.3, 0.4) is 0 Å². The number of hydrogen-bond acceptors (Lipinski definition) is 3. The van der Waals surface area contributed by atoms with Gasteiger partial charge in [-0.3, -0.25) is 0 Å². The Bertz CT molecular complexity index is 566. The van der Waals surface area contributed by atoms with E-state index in [9.17, 15) is 5.11 Å². The molecule has 19 heavy (non-hydrogen) atoms. The summed E-state index contributed by atoms with van der Waals surface area (Å²) in [5.74, 6) is 0.808. The summed E-state index contributed by atoms with van der Waals surface area (Å²) in [6.45, 7) is 4.22. The van der Waals surface area contributed by atoms with E-state index in [0.717, 1.165) is 22.4 Å². The monoisotopic (exact) mass is 257 g/mol. The minimum Gasteiger partial charge on any atom is -0.490 e. The Morgan fingerprint density at radius 2 is 1.95 bits per heavy atom. The summed E-state index contributed by atoms with van der Waals surface area (Å²) in [6, 6.07) is 13.2. The van der Waals surface area contributed by atoms with E-state index < -0.39 is 6.10 Å². The maximum Gasteiger partial charge on any atom is 0.122 e. The second-order valence-electron chi connectivity index (χ2n) is 4.77. The predicted octanol–water partition coefficient (Wildman–Crippen LogP) is 3.00. The van der Waals surface area contributed by atoms with E-state index in [1.54, 1.807) is 12.1 Å². The van der Waals surface area contributed by atoms with E-state index >= 15 is 0 Å². The van der Waals surface area contributed by atoms with Crippen LogP contribution in [0.1, 0.15) is 22.8 Å². The highest BCUT2D eigenvalue weighted by molar-refractivity contribution is 5.41. The molecule has 0 fully saturated rings. The summed E-state index contributed by atoms with van der Waals surface area (Å²) in [4.78, 5) is 0. The lowest BCUT2D eigenvalue weighted by Gasteiger charge is -2.15. The first-order chi connectivity index (χ1) is 9.06. The molecule has 2 aromatic rings. The lowest BCUT2D eigenvalue weighted by atomic mass is 10.1. The van der Waals surface area contributed by atoms with Crippen molar-refractivity contribution in [1.29, 1.82) is 0 Å². The number of rotatable bonds is 4. The molecule has 0 aliphatic heterocycles. The Hall–Kier alpha value is -2.00. The second kappa shape index (κ2) is 5.76. The molecule has 3 N–H and O–H groups in total. The van der Waals surface area contributed by atoms with Crippen LogP contribution in [0.25, 0.3) is 0 Å². The molecule has 3 nitrogen and oxygen atoms in total. The Kier molecular flexibility index (Phi) is 4.07. The maximum atomic E-state index is 10.1. The lowest BCUT2D eigenvalue weighted by molar-refractivity contribution is 0.108. The smallest absolute Gasteiger partial charge is 0.122 e. The van der Waals surface area contributed by atoms with Gasteiger partial charge in [0.05, 0.1) is 0 Å². The average Bonchev–Trinajstić information content (AvgIpc) is 2.39. The third kappa shape index (κ3) is 3.48. The van der Waals surface area contributed by atoms with E-state index in [1.807, 2.05) is 44.2 Å². The summed E-state index contributed by atoms with van der Waals surface area (Å²) in [7, 11) is 0. The van der Waals surface area contributed by atoms with Crippen LogP contribution in [0.4, 0.5) is 5.69 Å². The van der Waals surface area contributed by atoms with Crippen LogP contribution in [0, 0.1) is 13.8 Å². The lowest BCUT2D eigenvalue weighted by Crippen LogP contribution is -2.10. The van der Waals surface area contributed by atoms with Gasteiger partial charge in [-0.05, 0) is 48.7 Å². The van der Waals surface area contributed by atoms with Gasteiger partial charge in [-0.2, -0.15) is 0 Å². The SMILES string of the molecule is Cc1ccc(C)c(OCC(O)c2cccc(N)c2)c1. The first-order valence-electron chi connectivity index (χ1n) is 6.30. The molecule has 0 saturated carbocycles. The molecule has 1 unspecified atom stereocenters. The van der Waals surface area contributed by atoms with Crippen molar-refractivity contribution in [3.63, 3.8) is 0 Å². The zero-order valence-electron chi connectivity index (χ0n) is 11.3. The molecule has 1 atom stereocenters. The van der Waals surface area contributed by atoms with Gasteiger partial charge in [0.25, 0.3) is 0 Å². The number of hydrogen-bond donors (Lipinski definition) is 2. The van der Waals surface area contributed by atoms with Gasteiger partial charge in [-0.15, -0.1) is 0 Å². The first kappa shape index (κ1) is 13.4. The zero-order chi connectivity index (χ0) is 13.8. The van der Waals surface area contributed by atoms with Crippen LogP contribution in [0.2, 0.25) is 0 Å². The van der Waals surface area contributed by atoms with Gasteiger partial charge in [0.1, 0.15) is 18.5 Å². The topological polar surface area (TPSA) is 55.5 Å². The number of aryl methyl sites for hydroxylation is 2. The Balaban J connectivity index is 2.04. The highest BCUT2D eigenvalue weighted by Crippen LogP contribution is 2.22. The number of aliphatic hydroxyl groups is 1. The maximum absolute atomic E-state index is 10.1. The Labute approximate surface area is 113 Å². The molecule has 0 heterocycles. The number of ether oxygens (including phenoxy) is 1. The van der Waals surface area contributed by atoms with Crippen molar-refractivity contribution >= 4 is 5.69 Å². The van der Waals surface area contributed by atoms with Crippen molar-refractivity contribution in [2.45, 2.75) is 20.0 Å². The molecule has 2 aromatic carbocycles. The summed E-state index contributed by atoms with van der Waals surface area (Å²) in [6.07, 6.45) is -0.677. The molecule has 0 radical (unpaired) electrons. The molecule has 3 heteroatoms. The minimum atomic E-state index is -0.677. The molecular weight excluding hydrogens is 238 g/mol. The van der Waals surface area contributed by atoms with Gasteiger partial charge < -0.3 is 15.6 Å². The molecule has 0 aromatic heterocycles. The predicted molar refractivity (Wildman–Crippen MR) is 77.2 cm³/mol. The van der Waals surface area contributed by atoms with Crippen LogP contribution in [0.15, 0.2) is 42.5 Å². The van der Waals surface area contributed by atoms with E-state index in [0.29, 0.717) is 5.69 Å². The molecule has 0 saturated heterocycles. The van der Waals surface area contributed by atoms with Gasteiger partial charge in [-0.25, -0.2) is 0 Å². The molecule has 0 amide bonds. The number of aliphatic hydroxyl groups excluding tert-OH is 1. The molecule has 0 spiro atoms. The quantitative estimate of drug-likeness (QED) is 0.828. The normalized spacial score (nSPS) is 12.2. The summed E-state index contributed by atoms with van der Waals surface area (Å²) in [5.41, 5.74) is 9.30. The van der Waals surface area contributed by atoms with Gasteiger partial charge in [-0.1, -0.05) is 24.3 Å². The van der Waals surface area contributed by atoms with Crippen molar-refractivity contribution in [3.05, 3.63) is 59.2 Å². The van der Waals surface area contributed by atoms with Crippen molar-refractivity contribution < 1.29 is 9.84 Å². The Morgan fingerprint density at radius 3 is 2.68 bits per heavy atom.